The topological polar surface area (TPSA) is 121 Å². The molecule has 3 N–H and O–H groups in total. The Kier molecular flexibility index (Phi) is 7.64. The Balaban J connectivity index is 2.16. The molecule has 0 heterocycles. The number of hydrogen-bond acceptors (Lipinski definition) is 5. The van der Waals surface area contributed by atoms with Crippen molar-refractivity contribution in [2.75, 3.05) is 0 Å². The van der Waals surface area contributed by atoms with Gasteiger partial charge in [-0.05, 0) is 70.5 Å². The number of hydrogen-bond donors (Lipinski definition) is 3. The van der Waals surface area contributed by atoms with Crippen LogP contribution in [0.1, 0.15) is 50.5 Å². The van der Waals surface area contributed by atoms with Crippen LogP contribution in [0.15, 0.2) is 58.3 Å². The van der Waals surface area contributed by atoms with Crippen LogP contribution in [-0.2, 0) is 26.6 Å². The zero-order valence-electron chi connectivity index (χ0n) is 18.3. The second-order valence-corrected chi connectivity index (χ2v) is 11.8. The fourth-order valence-electron chi connectivity index (χ4n) is 2.81. The lowest BCUT2D eigenvalue weighted by molar-refractivity contribution is 0.0950. The van der Waals surface area contributed by atoms with Crippen LogP contribution >= 0.6 is 0 Å². The Labute approximate surface area is 184 Å². The predicted molar refractivity (Wildman–Crippen MR) is 120 cm³/mol. The second kappa shape index (κ2) is 9.47. The molecular formula is C21H29N3O5S2. The summed E-state index contributed by atoms with van der Waals surface area (Å²) in [6, 6.07) is 11.7. The van der Waals surface area contributed by atoms with Gasteiger partial charge >= 0.3 is 0 Å². The van der Waals surface area contributed by atoms with Crippen molar-refractivity contribution in [2.45, 2.75) is 62.5 Å². The largest absolute Gasteiger partial charge is 0.348 e. The minimum atomic E-state index is -3.77. The molecule has 2 aromatic carbocycles. The summed E-state index contributed by atoms with van der Waals surface area (Å²) in [5, 5.41) is 2.68. The number of carbonyl (C=O) groups excluding carboxylic acids is 1. The van der Waals surface area contributed by atoms with Gasteiger partial charge < -0.3 is 5.32 Å². The predicted octanol–water partition coefficient (Wildman–Crippen LogP) is 2.38. The van der Waals surface area contributed by atoms with Gasteiger partial charge in [0.15, 0.2) is 0 Å². The number of sulfonamides is 2. The number of rotatable bonds is 8. The third kappa shape index (κ3) is 7.13. The van der Waals surface area contributed by atoms with Crippen LogP contribution in [0, 0.1) is 0 Å². The Morgan fingerprint density at radius 1 is 0.903 bits per heavy atom. The van der Waals surface area contributed by atoms with Crippen LogP contribution in [0.4, 0.5) is 0 Å². The molecule has 170 valence electrons. The zero-order valence-corrected chi connectivity index (χ0v) is 19.9. The first kappa shape index (κ1) is 25.0. The van der Waals surface area contributed by atoms with Gasteiger partial charge in [0.1, 0.15) is 0 Å². The van der Waals surface area contributed by atoms with Crippen LogP contribution in [-0.4, -0.2) is 34.3 Å². The van der Waals surface area contributed by atoms with Crippen molar-refractivity contribution in [2.24, 2.45) is 0 Å². The molecule has 8 nitrogen and oxygen atoms in total. The van der Waals surface area contributed by atoms with Gasteiger partial charge in [0.25, 0.3) is 5.91 Å². The molecule has 0 aromatic heterocycles. The fraction of sp³-hybridized carbons (Fsp3) is 0.381. The van der Waals surface area contributed by atoms with Gasteiger partial charge in [0.05, 0.1) is 9.79 Å². The van der Waals surface area contributed by atoms with Gasteiger partial charge in [0, 0.05) is 23.7 Å². The van der Waals surface area contributed by atoms with Crippen LogP contribution < -0.4 is 14.8 Å². The van der Waals surface area contributed by atoms with Crippen molar-refractivity contribution >= 4 is 26.0 Å². The molecule has 0 atom stereocenters. The first-order valence-electron chi connectivity index (χ1n) is 9.74. The van der Waals surface area contributed by atoms with Gasteiger partial charge in [-0.1, -0.05) is 18.2 Å². The molecule has 2 aromatic rings. The summed E-state index contributed by atoms with van der Waals surface area (Å²) in [6.07, 6.45) is 0. The molecule has 0 fully saturated rings. The van der Waals surface area contributed by atoms with Crippen molar-refractivity contribution in [3.63, 3.8) is 0 Å². The summed E-state index contributed by atoms with van der Waals surface area (Å²) in [5.41, 5.74) is 0.0476. The SMILES string of the molecule is CC(C)NS(=O)(=O)c1ccc(C(=O)NCc2ccccc2S(=O)(=O)NC(C)(C)C)cc1. The van der Waals surface area contributed by atoms with Gasteiger partial charge in [-0.25, -0.2) is 26.3 Å². The fourth-order valence-corrected chi connectivity index (χ4v) is 5.72. The maximum absolute atomic E-state index is 12.7. The highest BCUT2D eigenvalue weighted by molar-refractivity contribution is 7.89. The Morgan fingerprint density at radius 3 is 2.03 bits per heavy atom. The minimum Gasteiger partial charge on any atom is -0.348 e. The summed E-state index contributed by atoms with van der Waals surface area (Å²) < 4.78 is 54.9. The molecule has 0 aliphatic carbocycles. The van der Waals surface area contributed by atoms with Crippen molar-refractivity contribution in [1.29, 1.82) is 0 Å². The summed E-state index contributed by atoms with van der Waals surface area (Å²) in [7, 11) is -7.42. The first-order chi connectivity index (χ1) is 14.2. The molecule has 2 rings (SSSR count). The van der Waals surface area contributed by atoms with Gasteiger partial charge in [-0.3, -0.25) is 4.79 Å². The van der Waals surface area contributed by atoms with Crippen molar-refractivity contribution in [1.82, 2.24) is 14.8 Å². The van der Waals surface area contributed by atoms with E-state index in [9.17, 15) is 21.6 Å². The molecule has 0 radical (unpaired) electrons. The third-order valence-corrected chi connectivity index (χ3v) is 7.49. The Morgan fingerprint density at radius 2 is 1.48 bits per heavy atom. The number of nitrogens with one attached hydrogen (secondary N) is 3. The van der Waals surface area contributed by atoms with Crippen LogP contribution in [0.2, 0.25) is 0 Å². The quantitative estimate of drug-likeness (QED) is 0.550. The van der Waals surface area contributed by atoms with Gasteiger partial charge in [0.2, 0.25) is 20.0 Å². The van der Waals surface area contributed by atoms with E-state index in [1.807, 2.05) is 0 Å². The molecule has 31 heavy (non-hydrogen) atoms. The van der Waals surface area contributed by atoms with Crippen LogP contribution in [0.25, 0.3) is 0 Å². The van der Waals surface area contributed by atoms with E-state index in [0.29, 0.717) is 5.56 Å². The van der Waals surface area contributed by atoms with Crippen LogP contribution in [0.5, 0.6) is 0 Å². The van der Waals surface area contributed by atoms with E-state index in [-0.39, 0.29) is 27.9 Å². The maximum Gasteiger partial charge on any atom is 0.251 e. The minimum absolute atomic E-state index is 0.00495. The molecule has 1 amide bonds. The Bertz CT molecular complexity index is 1130. The van der Waals surface area contributed by atoms with Crippen molar-refractivity contribution in [3.8, 4) is 0 Å². The Hall–Kier alpha value is -2.27. The lowest BCUT2D eigenvalue weighted by Crippen LogP contribution is -2.41. The van der Waals surface area contributed by atoms with Crippen LogP contribution in [0.3, 0.4) is 0 Å². The number of carbonyl (C=O) groups is 1. The third-order valence-electron chi connectivity index (χ3n) is 3.96. The standard InChI is InChI=1S/C21H29N3O5S2/c1-15(2)23-30(26,27)18-12-10-16(11-13-18)20(25)22-14-17-8-6-7-9-19(17)31(28,29)24-21(3,4)5/h6-13,15,23-24H,14H2,1-5H3,(H,22,25). The highest BCUT2D eigenvalue weighted by atomic mass is 32.2. The molecule has 10 heteroatoms. The lowest BCUT2D eigenvalue weighted by Gasteiger charge is -2.21. The smallest absolute Gasteiger partial charge is 0.251 e. The average Bonchev–Trinajstić information content (AvgIpc) is 2.63. The molecule has 0 aliphatic rings. The summed E-state index contributed by atoms with van der Waals surface area (Å²) in [6.45, 7) is 8.66. The molecule has 0 spiro atoms. The van der Waals surface area contributed by atoms with Crippen molar-refractivity contribution in [3.05, 3.63) is 59.7 Å². The zero-order chi connectivity index (χ0) is 23.4. The number of amides is 1. The lowest BCUT2D eigenvalue weighted by atomic mass is 10.1. The van der Waals surface area contributed by atoms with E-state index in [0.717, 1.165) is 0 Å². The molecule has 0 bridgehead atoms. The molecular weight excluding hydrogens is 438 g/mol. The highest BCUT2D eigenvalue weighted by Gasteiger charge is 2.24. The molecule has 0 saturated heterocycles. The molecule has 0 unspecified atom stereocenters. The van der Waals surface area contributed by atoms with Crippen molar-refractivity contribution < 1.29 is 21.6 Å². The van der Waals surface area contributed by atoms with E-state index in [4.69, 9.17) is 0 Å². The summed E-state index contributed by atoms with van der Waals surface area (Å²) >= 11 is 0. The monoisotopic (exact) mass is 467 g/mol. The van der Waals surface area contributed by atoms with E-state index in [1.165, 1.54) is 30.3 Å². The van der Waals surface area contributed by atoms with Gasteiger partial charge in [-0.2, -0.15) is 0 Å². The van der Waals surface area contributed by atoms with E-state index in [1.54, 1.807) is 52.8 Å². The van der Waals surface area contributed by atoms with E-state index >= 15 is 0 Å². The normalized spacial score (nSPS) is 12.7. The highest BCUT2D eigenvalue weighted by Crippen LogP contribution is 2.18. The average molecular weight is 468 g/mol. The van der Waals surface area contributed by atoms with E-state index in [2.05, 4.69) is 14.8 Å². The number of benzene rings is 2. The first-order valence-corrected chi connectivity index (χ1v) is 12.7. The maximum atomic E-state index is 12.7. The molecule has 0 aliphatic heterocycles. The van der Waals surface area contributed by atoms with E-state index < -0.39 is 31.5 Å². The summed E-state index contributed by atoms with van der Waals surface area (Å²) in [5.74, 6) is -0.447. The molecule has 0 saturated carbocycles. The second-order valence-electron chi connectivity index (χ2n) is 8.45. The summed E-state index contributed by atoms with van der Waals surface area (Å²) in [4.78, 5) is 12.7. The van der Waals surface area contributed by atoms with Gasteiger partial charge in [-0.15, -0.1) is 0 Å².